The number of likely N-dealkylation sites (N-methyl/N-ethyl adjacent to an activating group) is 1. The van der Waals surface area contributed by atoms with E-state index in [4.69, 9.17) is 12.2 Å². The zero-order chi connectivity index (χ0) is 19.3. The van der Waals surface area contributed by atoms with Gasteiger partial charge in [0, 0.05) is 23.4 Å². The van der Waals surface area contributed by atoms with Gasteiger partial charge in [-0.25, -0.2) is 0 Å². The first-order valence-electron chi connectivity index (χ1n) is 8.92. The smallest absolute Gasteiger partial charge is 0.252 e. The molecule has 2 rings (SSSR count). The van der Waals surface area contributed by atoms with Crippen molar-refractivity contribution >= 4 is 40.1 Å². The van der Waals surface area contributed by atoms with E-state index in [1.54, 1.807) is 17.0 Å². The number of hydrogen-bond donors (Lipinski definition) is 1. The Hall–Kier alpha value is -1.44. The van der Waals surface area contributed by atoms with Crippen molar-refractivity contribution in [1.82, 2.24) is 15.1 Å². The van der Waals surface area contributed by atoms with Gasteiger partial charge >= 0.3 is 0 Å². The van der Waals surface area contributed by atoms with E-state index in [0.29, 0.717) is 16.4 Å². The quantitative estimate of drug-likeness (QED) is 0.722. The van der Waals surface area contributed by atoms with Crippen LogP contribution in [0, 0.1) is 0 Å². The van der Waals surface area contributed by atoms with Crippen molar-refractivity contribution in [1.29, 1.82) is 0 Å². The molecule has 1 fully saturated rings. The van der Waals surface area contributed by atoms with Crippen LogP contribution in [0.4, 0.5) is 0 Å². The first-order chi connectivity index (χ1) is 12.3. The van der Waals surface area contributed by atoms with Crippen LogP contribution in [-0.2, 0) is 4.79 Å². The molecule has 0 radical (unpaired) electrons. The molecule has 1 heterocycles. The predicted molar refractivity (Wildman–Crippen MR) is 111 cm³/mol. The molecular weight excluding hydrogens is 366 g/mol. The van der Waals surface area contributed by atoms with Crippen LogP contribution in [0.2, 0.25) is 0 Å². The zero-order valence-corrected chi connectivity index (χ0v) is 17.5. The summed E-state index contributed by atoms with van der Waals surface area (Å²) in [5, 5.41) is 2.92. The summed E-state index contributed by atoms with van der Waals surface area (Å²) < 4.78 is 0.0852. The number of carbonyl (C=O) groups excluding carboxylic acids is 2. The Bertz CT molecular complexity index is 660. The second kappa shape index (κ2) is 8.97. The highest BCUT2D eigenvalue weighted by Gasteiger charge is 2.46. The maximum atomic E-state index is 13.1. The monoisotopic (exact) mass is 393 g/mol. The molecule has 5 nitrogen and oxygen atoms in total. The minimum absolute atomic E-state index is 0.129. The summed E-state index contributed by atoms with van der Waals surface area (Å²) in [7, 11) is 0. The van der Waals surface area contributed by atoms with E-state index in [-0.39, 0.29) is 11.8 Å². The van der Waals surface area contributed by atoms with Crippen LogP contribution < -0.4 is 5.32 Å². The highest BCUT2D eigenvalue weighted by molar-refractivity contribution is 8.24. The number of amides is 2. The lowest BCUT2D eigenvalue weighted by Gasteiger charge is -2.43. The topological polar surface area (TPSA) is 52.6 Å². The number of thiocarbonyl (C=S) groups is 1. The molecule has 0 aliphatic carbocycles. The lowest BCUT2D eigenvalue weighted by Crippen LogP contribution is -2.62. The van der Waals surface area contributed by atoms with E-state index in [1.165, 1.54) is 11.8 Å². The molecule has 1 aromatic rings. The van der Waals surface area contributed by atoms with E-state index < -0.39 is 10.8 Å². The Balaban J connectivity index is 2.14. The van der Waals surface area contributed by atoms with Gasteiger partial charge in [0.25, 0.3) is 11.8 Å². The van der Waals surface area contributed by atoms with Gasteiger partial charge in [0.1, 0.15) is 10.4 Å². The summed E-state index contributed by atoms with van der Waals surface area (Å²) in [6.45, 7) is 11.2. The van der Waals surface area contributed by atoms with Crippen molar-refractivity contribution in [2.75, 3.05) is 26.2 Å². The third-order valence-corrected chi connectivity index (χ3v) is 6.25. The van der Waals surface area contributed by atoms with Crippen molar-refractivity contribution in [3.05, 3.63) is 35.9 Å². The van der Waals surface area contributed by atoms with Gasteiger partial charge in [0.2, 0.25) is 0 Å². The molecule has 2 amide bonds. The number of nitrogens with one attached hydrogen (secondary N) is 1. The molecule has 0 spiro atoms. The third-order valence-electron chi connectivity index (χ3n) is 4.62. The molecule has 1 unspecified atom stereocenters. The van der Waals surface area contributed by atoms with Crippen LogP contribution in [0.3, 0.4) is 0 Å². The van der Waals surface area contributed by atoms with Crippen LogP contribution in [0.25, 0.3) is 0 Å². The number of thioether (sulfide) groups is 1. The number of benzene rings is 1. The van der Waals surface area contributed by atoms with Crippen LogP contribution in [0.5, 0.6) is 0 Å². The Morgan fingerprint density at radius 2 is 1.88 bits per heavy atom. The minimum Gasteiger partial charge on any atom is -0.339 e. The molecule has 0 saturated carbocycles. The Morgan fingerprint density at radius 3 is 2.46 bits per heavy atom. The first kappa shape index (κ1) is 20.9. The first-order valence-corrected chi connectivity index (χ1v) is 10.1. The summed E-state index contributed by atoms with van der Waals surface area (Å²) in [4.78, 5) is 29.5. The standard InChI is InChI=1S/C19H27N3O2S2/c1-5-21(6-2)12-13-22-17(24)15(19(3,4)26-18(22)25)20-16(23)14-10-8-7-9-11-14/h7-11,15H,5-6,12-13H2,1-4H3,(H,20,23). The molecule has 1 aromatic carbocycles. The van der Waals surface area contributed by atoms with Gasteiger partial charge in [0.15, 0.2) is 0 Å². The Kier molecular flexibility index (Phi) is 7.20. The second-order valence-corrected chi connectivity index (χ2v) is 9.05. The molecule has 26 heavy (non-hydrogen) atoms. The fraction of sp³-hybridized carbons (Fsp3) is 0.526. The van der Waals surface area contributed by atoms with Crippen molar-refractivity contribution in [2.45, 2.75) is 38.5 Å². The highest BCUT2D eigenvalue weighted by atomic mass is 32.2. The number of rotatable bonds is 7. The number of hydrogen-bond acceptors (Lipinski definition) is 5. The number of nitrogens with zero attached hydrogens (tertiary/aromatic N) is 2. The molecule has 1 N–H and O–H groups in total. The van der Waals surface area contributed by atoms with Crippen molar-refractivity contribution in [3.8, 4) is 0 Å². The highest BCUT2D eigenvalue weighted by Crippen LogP contribution is 2.36. The predicted octanol–water partition coefficient (Wildman–Crippen LogP) is 2.77. The number of carbonyl (C=O) groups is 2. The van der Waals surface area contributed by atoms with Gasteiger partial charge in [-0.3, -0.25) is 14.5 Å². The summed E-state index contributed by atoms with van der Waals surface area (Å²) in [5.41, 5.74) is 0.545. The molecule has 0 aromatic heterocycles. The van der Waals surface area contributed by atoms with Gasteiger partial charge in [-0.15, -0.1) is 0 Å². The van der Waals surface area contributed by atoms with Crippen molar-refractivity contribution in [2.24, 2.45) is 0 Å². The summed E-state index contributed by atoms with van der Waals surface area (Å²) in [5.74, 6) is -0.371. The van der Waals surface area contributed by atoms with Gasteiger partial charge in [-0.1, -0.05) is 56.0 Å². The molecule has 142 valence electrons. The molecule has 1 atom stereocenters. The molecular formula is C19H27N3O2S2. The Labute approximate surface area is 165 Å². The van der Waals surface area contributed by atoms with E-state index in [2.05, 4.69) is 24.1 Å². The van der Waals surface area contributed by atoms with E-state index in [9.17, 15) is 9.59 Å². The van der Waals surface area contributed by atoms with Crippen LogP contribution in [0.15, 0.2) is 30.3 Å². The maximum Gasteiger partial charge on any atom is 0.252 e. The average molecular weight is 394 g/mol. The van der Waals surface area contributed by atoms with Gasteiger partial charge in [0.05, 0.1) is 0 Å². The molecule has 1 aliphatic heterocycles. The molecule has 1 aliphatic rings. The average Bonchev–Trinajstić information content (AvgIpc) is 2.61. The largest absolute Gasteiger partial charge is 0.339 e. The minimum atomic E-state index is -0.622. The van der Waals surface area contributed by atoms with Gasteiger partial charge in [-0.05, 0) is 39.1 Å². The lowest BCUT2D eigenvalue weighted by molar-refractivity contribution is -0.130. The van der Waals surface area contributed by atoms with Crippen molar-refractivity contribution in [3.63, 3.8) is 0 Å². The maximum absolute atomic E-state index is 13.1. The van der Waals surface area contributed by atoms with Crippen LogP contribution in [0.1, 0.15) is 38.1 Å². The van der Waals surface area contributed by atoms with Crippen molar-refractivity contribution < 1.29 is 9.59 Å². The second-order valence-electron chi connectivity index (χ2n) is 6.76. The Morgan fingerprint density at radius 1 is 1.27 bits per heavy atom. The summed E-state index contributed by atoms with van der Waals surface area (Å²) in [6, 6.07) is 8.34. The lowest BCUT2D eigenvalue weighted by atomic mass is 10.0. The third kappa shape index (κ3) is 4.84. The fourth-order valence-corrected chi connectivity index (χ4v) is 4.75. The SMILES string of the molecule is CCN(CC)CCN1C(=O)C(NC(=O)c2ccccc2)C(C)(C)SC1=S. The van der Waals surface area contributed by atoms with E-state index in [1.807, 2.05) is 32.0 Å². The van der Waals surface area contributed by atoms with Gasteiger partial charge in [-0.2, -0.15) is 0 Å². The fourth-order valence-electron chi connectivity index (χ4n) is 2.90. The van der Waals surface area contributed by atoms with Crippen LogP contribution in [-0.4, -0.2) is 62.9 Å². The summed E-state index contributed by atoms with van der Waals surface area (Å²) in [6.07, 6.45) is 0. The van der Waals surface area contributed by atoms with E-state index in [0.717, 1.165) is 19.6 Å². The van der Waals surface area contributed by atoms with E-state index >= 15 is 0 Å². The zero-order valence-electron chi connectivity index (χ0n) is 15.8. The molecule has 0 bridgehead atoms. The normalized spacial score (nSPS) is 19.7. The summed E-state index contributed by atoms with van der Waals surface area (Å²) >= 11 is 6.95. The molecule has 1 saturated heterocycles. The molecule has 7 heteroatoms. The van der Waals surface area contributed by atoms with Gasteiger partial charge < -0.3 is 10.2 Å². The van der Waals surface area contributed by atoms with Crippen LogP contribution >= 0.6 is 24.0 Å².